The standard InChI is InChI=1S/C25H21NO3/c1-15-7-5-8-16(2)22(15)21-12-6-9-17-13-18(29-23(17)21)14-26-24(27)19-10-3-4-11-20(19)25(26)28/h3-12,18H,13-14H2,1-2H3/t18-/m1/s1. The molecule has 0 bridgehead atoms. The number of benzene rings is 3. The van der Waals surface area contributed by atoms with E-state index in [9.17, 15) is 9.59 Å². The van der Waals surface area contributed by atoms with Crippen molar-refractivity contribution in [3.05, 3.63) is 88.5 Å². The first-order valence-electron chi connectivity index (χ1n) is 9.85. The van der Waals surface area contributed by atoms with Crippen molar-refractivity contribution in [3.63, 3.8) is 0 Å². The van der Waals surface area contributed by atoms with Gasteiger partial charge in [-0.05, 0) is 48.2 Å². The minimum atomic E-state index is -0.238. The van der Waals surface area contributed by atoms with E-state index in [-0.39, 0.29) is 24.5 Å². The van der Waals surface area contributed by atoms with Crippen LogP contribution < -0.4 is 4.74 Å². The van der Waals surface area contributed by atoms with Crippen molar-refractivity contribution < 1.29 is 14.3 Å². The molecule has 144 valence electrons. The number of rotatable bonds is 3. The minimum absolute atomic E-state index is 0.236. The molecule has 2 amide bonds. The fraction of sp³-hybridized carbons (Fsp3) is 0.200. The van der Waals surface area contributed by atoms with Crippen LogP contribution in [0.1, 0.15) is 37.4 Å². The van der Waals surface area contributed by atoms with Crippen LogP contribution in [0.4, 0.5) is 0 Å². The molecular formula is C25H21NO3. The van der Waals surface area contributed by atoms with Gasteiger partial charge in [0, 0.05) is 12.0 Å². The maximum atomic E-state index is 12.7. The molecule has 2 heterocycles. The third-order valence-electron chi connectivity index (χ3n) is 5.84. The number of aryl methyl sites for hydroxylation is 2. The molecule has 0 unspecified atom stereocenters. The van der Waals surface area contributed by atoms with Crippen molar-refractivity contribution in [3.8, 4) is 16.9 Å². The molecule has 2 aliphatic heterocycles. The maximum absolute atomic E-state index is 12.7. The largest absolute Gasteiger partial charge is 0.487 e. The predicted molar refractivity (Wildman–Crippen MR) is 111 cm³/mol. The summed E-state index contributed by atoms with van der Waals surface area (Å²) in [7, 11) is 0. The maximum Gasteiger partial charge on any atom is 0.261 e. The number of nitrogens with zero attached hydrogens (tertiary/aromatic N) is 1. The third-order valence-corrected chi connectivity index (χ3v) is 5.84. The Hall–Kier alpha value is -3.40. The molecule has 5 rings (SSSR count). The van der Waals surface area contributed by atoms with Gasteiger partial charge in [0.2, 0.25) is 0 Å². The first kappa shape index (κ1) is 17.7. The van der Waals surface area contributed by atoms with Crippen LogP contribution in [0, 0.1) is 13.8 Å². The number of hydrogen-bond donors (Lipinski definition) is 0. The van der Waals surface area contributed by atoms with Gasteiger partial charge in [-0.2, -0.15) is 0 Å². The van der Waals surface area contributed by atoms with E-state index < -0.39 is 0 Å². The normalized spacial score (nSPS) is 17.3. The fourth-order valence-corrected chi connectivity index (χ4v) is 4.48. The summed E-state index contributed by atoms with van der Waals surface area (Å²) in [5.41, 5.74) is 6.73. The number of fused-ring (bicyclic) bond motifs is 2. The van der Waals surface area contributed by atoms with Crippen LogP contribution in [0.3, 0.4) is 0 Å². The Morgan fingerprint density at radius 2 is 1.41 bits per heavy atom. The molecule has 0 radical (unpaired) electrons. The van der Waals surface area contributed by atoms with Gasteiger partial charge in [-0.3, -0.25) is 14.5 Å². The highest BCUT2D eigenvalue weighted by atomic mass is 16.5. The predicted octanol–water partition coefficient (Wildman–Crippen LogP) is 4.57. The van der Waals surface area contributed by atoms with Gasteiger partial charge in [-0.15, -0.1) is 0 Å². The fourth-order valence-electron chi connectivity index (χ4n) is 4.48. The highest BCUT2D eigenvalue weighted by molar-refractivity contribution is 6.21. The van der Waals surface area contributed by atoms with Crippen molar-refractivity contribution in [2.75, 3.05) is 6.54 Å². The Morgan fingerprint density at radius 3 is 2.07 bits per heavy atom. The Labute approximate surface area is 169 Å². The van der Waals surface area contributed by atoms with Gasteiger partial charge < -0.3 is 4.74 Å². The van der Waals surface area contributed by atoms with E-state index in [2.05, 4.69) is 44.2 Å². The molecule has 0 aliphatic carbocycles. The quantitative estimate of drug-likeness (QED) is 0.623. The zero-order valence-corrected chi connectivity index (χ0v) is 16.4. The molecule has 29 heavy (non-hydrogen) atoms. The molecule has 4 heteroatoms. The molecule has 0 spiro atoms. The van der Waals surface area contributed by atoms with E-state index in [4.69, 9.17) is 4.74 Å². The van der Waals surface area contributed by atoms with Crippen LogP contribution in [0.5, 0.6) is 5.75 Å². The average Bonchev–Trinajstić information content (AvgIpc) is 3.23. The second-order valence-corrected chi connectivity index (χ2v) is 7.77. The summed E-state index contributed by atoms with van der Waals surface area (Å²) >= 11 is 0. The lowest BCUT2D eigenvalue weighted by Crippen LogP contribution is -2.38. The molecule has 3 aromatic rings. The summed E-state index contributed by atoms with van der Waals surface area (Å²) in [6.07, 6.45) is 0.444. The molecule has 3 aromatic carbocycles. The van der Waals surface area contributed by atoms with Gasteiger partial charge in [-0.1, -0.05) is 48.5 Å². The summed E-state index contributed by atoms with van der Waals surface area (Å²) in [6, 6.07) is 19.4. The Kier molecular flexibility index (Phi) is 4.02. The second kappa shape index (κ2) is 6.59. The Bertz CT molecular complexity index is 1110. The molecule has 0 saturated carbocycles. The van der Waals surface area contributed by atoms with Crippen LogP contribution in [0.25, 0.3) is 11.1 Å². The van der Waals surface area contributed by atoms with Gasteiger partial charge in [0.15, 0.2) is 0 Å². The highest BCUT2D eigenvalue weighted by Crippen LogP contribution is 2.41. The van der Waals surface area contributed by atoms with Crippen molar-refractivity contribution in [1.82, 2.24) is 4.90 Å². The lowest BCUT2D eigenvalue weighted by Gasteiger charge is -2.19. The zero-order valence-electron chi connectivity index (χ0n) is 16.4. The summed E-state index contributed by atoms with van der Waals surface area (Å²) in [6.45, 7) is 4.47. The number of amides is 2. The molecule has 4 nitrogen and oxygen atoms in total. The lowest BCUT2D eigenvalue weighted by molar-refractivity contribution is 0.0588. The van der Waals surface area contributed by atoms with Crippen LogP contribution in [0.2, 0.25) is 0 Å². The van der Waals surface area contributed by atoms with Crippen LogP contribution in [-0.4, -0.2) is 29.4 Å². The van der Waals surface area contributed by atoms with Crippen molar-refractivity contribution in [2.24, 2.45) is 0 Å². The van der Waals surface area contributed by atoms with Crippen molar-refractivity contribution >= 4 is 11.8 Å². The number of hydrogen-bond acceptors (Lipinski definition) is 3. The molecular weight excluding hydrogens is 362 g/mol. The van der Waals surface area contributed by atoms with Crippen LogP contribution in [-0.2, 0) is 6.42 Å². The monoisotopic (exact) mass is 383 g/mol. The molecule has 0 saturated heterocycles. The van der Waals surface area contributed by atoms with E-state index in [1.807, 2.05) is 6.07 Å². The number of imide groups is 1. The summed E-state index contributed by atoms with van der Waals surface area (Å²) in [5, 5.41) is 0. The van der Waals surface area contributed by atoms with Gasteiger partial charge in [-0.25, -0.2) is 0 Å². The Balaban J connectivity index is 1.44. The third kappa shape index (κ3) is 2.75. The molecule has 1 atom stereocenters. The van der Waals surface area contributed by atoms with Gasteiger partial charge in [0.05, 0.1) is 17.7 Å². The smallest absolute Gasteiger partial charge is 0.261 e. The van der Waals surface area contributed by atoms with Crippen molar-refractivity contribution in [2.45, 2.75) is 26.4 Å². The lowest BCUT2D eigenvalue weighted by atomic mass is 9.93. The first-order valence-corrected chi connectivity index (χ1v) is 9.85. The van der Waals surface area contributed by atoms with E-state index in [0.29, 0.717) is 17.5 Å². The van der Waals surface area contributed by atoms with Gasteiger partial charge in [0.25, 0.3) is 11.8 Å². The van der Waals surface area contributed by atoms with E-state index in [1.54, 1.807) is 24.3 Å². The topological polar surface area (TPSA) is 46.6 Å². The van der Waals surface area contributed by atoms with Crippen molar-refractivity contribution in [1.29, 1.82) is 0 Å². The van der Waals surface area contributed by atoms with Gasteiger partial charge in [0.1, 0.15) is 11.9 Å². The highest BCUT2D eigenvalue weighted by Gasteiger charge is 2.38. The van der Waals surface area contributed by atoms with E-state index >= 15 is 0 Å². The molecule has 0 aromatic heterocycles. The summed E-state index contributed by atoms with van der Waals surface area (Å²) in [5.74, 6) is 0.395. The van der Waals surface area contributed by atoms with E-state index in [0.717, 1.165) is 16.9 Å². The number of carbonyl (C=O) groups excluding carboxylic acids is 2. The number of carbonyl (C=O) groups is 2. The Morgan fingerprint density at radius 1 is 0.828 bits per heavy atom. The van der Waals surface area contributed by atoms with Crippen LogP contribution >= 0.6 is 0 Å². The summed E-state index contributed by atoms with van der Waals surface area (Å²) in [4.78, 5) is 26.7. The minimum Gasteiger partial charge on any atom is -0.487 e. The number of para-hydroxylation sites is 1. The second-order valence-electron chi connectivity index (χ2n) is 7.77. The SMILES string of the molecule is Cc1cccc(C)c1-c1cccc2c1O[C@@H](CN1C(=O)c3ccccc3C1=O)C2. The molecule has 0 fully saturated rings. The van der Waals surface area contributed by atoms with E-state index in [1.165, 1.54) is 21.6 Å². The summed E-state index contributed by atoms with van der Waals surface area (Å²) < 4.78 is 6.31. The zero-order chi connectivity index (χ0) is 20.1. The molecule has 2 aliphatic rings. The number of ether oxygens (including phenoxy) is 1. The average molecular weight is 383 g/mol. The molecule has 0 N–H and O–H groups in total. The first-order chi connectivity index (χ1) is 14.0. The van der Waals surface area contributed by atoms with Crippen LogP contribution in [0.15, 0.2) is 60.7 Å². The van der Waals surface area contributed by atoms with Gasteiger partial charge >= 0.3 is 0 Å².